The van der Waals surface area contributed by atoms with Crippen molar-refractivity contribution in [3.63, 3.8) is 0 Å². The monoisotopic (exact) mass is 410 g/mol. The molecular weight excluding hydrogens is 388 g/mol. The zero-order valence-electron chi connectivity index (χ0n) is 16.3. The molecule has 5 nitrogen and oxygen atoms in total. The van der Waals surface area contributed by atoms with Gasteiger partial charge in [0.1, 0.15) is 21.7 Å². The SMILES string of the molecule is CC(Sc1ncnc2sc(-c3ccccc3)cc12)C(=O)NC(C)(C#N)C(C)C. The number of aromatic nitrogens is 2. The van der Waals surface area contributed by atoms with Crippen molar-refractivity contribution < 1.29 is 4.79 Å². The Kier molecular flexibility index (Phi) is 6.01. The fraction of sp³-hybridized carbons (Fsp3) is 0.333. The summed E-state index contributed by atoms with van der Waals surface area (Å²) in [6.45, 7) is 7.43. The number of nitrogens with one attached hydrogen (secondary N) is 1. The maximum absolute atomic E-state index is 12.7. The Balaban J connectivity index is 1.83. The van der Waals surface area contributed by atoms with Gasteiger partial charge in [-0.3, -0.25) is 4.79 Å². The summed E-state index contributed by atoms with van der Waals surface area (Å²) >= 11 is 3.00. The first kappa shape index (κ1) is 20.3. The molecule has 0 aliphatic carbocycles. The Morgan fingerprint density at radius 2 is 1.96 bits per heavy atom. The molecule has 1 aromatic carbocycles. The molecule has 144 valence electrons. The highest BCUT2D eigenvalue weighted by Gasteiger charge is 2.32. The van der Waals surface area contributed by atoms with Gasteiger partial charge in [0, 0.05) is 10.3 Å². The van der Waals surface area contributed by atoms with E-state index in [1.807, 2.05) is 39.0 Å². The summed E-state index contributed by atoms with van der Waals surface area (Å²) < 4.78 is 0. The molecule has 1 amide bonds. The molecule has 2 atom stereocenters. The Morgan fingerprint density at radius 1 is 1.25 bits per heavy atom. The second kappa shape index (κ2) is 8.29. The van der Waals surface area contributed by atoms with Crippen molar-refractivity contribution in [1.29, 1.82) is 5.26 Å². The number of hydrogen-bond donors (Lipinski definition) is 1. The smallest absolute Gasteiger partial charge is 0.234 e. The fourth-order valence-electron chi connectivity index (χ4n) is 2.55. The quantitative estimate of drug-likeness (QED) is 0.462. The lowest BCUT2D eigenvalue weighted by Crippen LogP contribution is -2.51. The van der Waals surface area contributed by atoms with E-state index in [-0.39, 0.29) is 17.1 Å². The molecule has 0 aliphatic heterocycles. The number of amides is 1. The van der Waals surface area contributed by atoms with Crippen LogP contribution in [0.25, 0.3) is 20.7 Å². The summed E-state index contributed by atoms with van der Waals surface area (Å²) in [5.41, 5.74) is 0.240. The van der Waals surface area contributed by atoms with Crippen LogP contribution in [-0.2, 0) is 4.79 Å². The Hall–Kier alpha value is -2.43. The third kappa shape index (κ3) is 4.18. The molecule has 28 heavy (non-hydrogen) atoms. The zero-order chi connectivity index (χ0) is 20.3. The average Bonchev–Trinajstić information content (AvgIpc) is 3.13. The van der Waals surface area contributed by atoms with E-state index in [9.17, 15) is 10.1 Å². The average molecular weight is 411 g/mol. The van der Waals surface area contributed by atoms with E-state index in [0.717, 1.165) is 25.7 Å². The minimum Gasteiger partial charge on any atom is -0.337 e. The molecule has 0 aliphatic rings. The summed E-state index contributed by atoms with van der Waals surface area (Å²) in [5, 5.41) is 13.7. The molecule has 0 fully saturated rings. The number of nitriles is 1. The van der Waals surface area contributed by atoms with Gasteiger partial charge in [0.2, 0.25) is 5.91 Å². The van der Waals surface area contributed by atoms with Crippen LogP contribution in [0.2, 0.25) is 0 Å². The van der Waals surface area contributed by atoms with Gasteiger partial charge in [-0.15, -0.1) is 11.3 Å². The maximum atomic E-state index is 12.7. The lowest BCUT2D eigenvalue weighted by atomic mass is 9.90. The van der Waals surface area contributed by atoms with Gasteiger partial charge in [0.15, 0.2) is 0 Å². The predicted octanol–water partition coefficient (Wildman–Crippen LogP) is 4.89. The van der Waals surface area contributed by atoms with Crippen LogP contribution in [0.1, 0.15) is 27.7 Å². The van der Waals surface area contributed by atoms with E-state index >= 15 is 0 Å². The number of thioether (sulfide) groups is 1. The number of benzene rings is 1. The maximum Gasteiger partial charge on any atom is 0.234 e. The number of fused-ring (bicyclic) bond motifs is 1. The molecule has 1 N–H and O–H groups in total. The third-order valence-corrected chi connectivity index (χ3v) is 6.99. The van der Waals surface area contributed by atoms with Crippen molar-refractivity contribution in [3.8, 4) is 16.5 Å². The van der Waals surface area contributed by atoms with Crippen LogP contribution in [-0.4, -0.2) is 26.7 Å². The first-order chi connectivity index (χ1) is 13.3. The van der Waals surface area contributed by atoms with E-state index in [1.165, 1.54) is 18.1 Å². The van der Waals surface area contributed by atoms with Gasteiger partial charge in [0.05, 0.1) is 11.3 Å². The van der Waals surface area contributed by atoms with Crippen molar-refractivity contribution >= 4 is 39.2 Å². The summed E-state index contributed by atoms with van der Waals surface area (Å²) in [7, 11) is 0. The van der Waals surface area contributed by atoms with E-state index in [0.29, 0.717) is 0 Å². The number of rotatable bonds is 6. The van der Waals surface area contributed by atoms with Crippen molar-refractivity contribution in [2.45, 2.75) is 43.5 Å². The van der Waals surface area contributed by atoms with Crippen LogP contribution < -0.4 is 5.32 Å². The Bertz CT molecular complexity index is 1030. The predicted molar refractivity (Wildman–Crippen MR) is 115 cm³/mol. The summed E-state index contributed by atoms with van der Waals surface area (Å²) in [6.07, 6.45) is 1.54. The van der Waals surface area contributed by atoms with Gasteiger partial charge in [-0.1, -0.05) is 55.9 Å². The van der Waals surface area contributed by atoms with E-state index < -0.39 is 5.54 Å². The second-order valence-corrected chi connectivity index (χ2v) is 9.45. The molecule has 2 aromatic heterocycles. The summed E-state index contributed by atoms with van der Waals surface area (Å²) in [6, 6.07) is 14.4. The summed E-state index contributed by atoms with van der Waals surface area (Å²) in [5.74, 6) is -0.164. The third-order valence-electron chi connectivity index (χ3n) is 4.78. The number of nitrogens with zero attached hydrogens (tertiary/aromatic N) is 3. The normalized spacial score (nSPS) is 14.4. The molecule has 7 heteroatoms. The van der Waals surface area contributed by atoms with E-state index in [2.05, 4.69) is 39.6 Å². The fourth-order valence-corrected chi connectivity index (χ4v) is 4.51. The second-order valence-electron chi connectivity index (χ2n) is 7.09. The molecular formula is C21H22N4OS2. The van der Waals surface area contributed by atoms with Crippen LogP contribution in [0.15, 0.2) is 47.8 Å². The molecule has 3 aromatic rings. The van der Waals surface area contributed by atoms with Crippen molar-refractivity contribution in [2.75, 3.05) is 0 Å². The van der Waals surface area contributed by atoms with Gasteiger partial charge in [-0.25, -0.2) is 9.97 Å². The highest BCUT2D eigenvalue weighted by atomic mass is 32.2. The molecule has 0 saturated carbocycles. The van der Waals surface area contributed by atoms with Gasteiger partial charge in [-0.05, 0) is 31.4 Å². The van der Waals surface area contributed by atoms with Crippen LogP contribution >= 0.6 is 23.1 Å². The summed E-state index contributed by atoms with van der Waals surface area (Å²) in [4.78, 5) is 23.5. The molecule has 0 radical (unpaired) electrons. The first-order valence-corrected chi connectivity index (χ1v) is 10.7. The van der Waals surface area contributed by atoms with Crippen molar-refractivity contribution in [2.24, 2.45) is 5.92 Å². The van der Waals surface area contributed by atoms with Gasteiger partial charge in [0.25, 0.3) is 0 Å². The van der Waals surface area contributed by atoms with E-state index in [4.69, 9.17) is 0 Å². The topological polar surface area (TPSA) is 78.7 Å². The minimum absolute atomic E-state index is 0.00899. The number of thiophene rings is 1. The van der Waals surface area contributed by atoms with Crippen LogP contribution in [0.3, 0.4) is 0 Å². The van der Waals surface area contributed by atoms with Crippen LogP contribution in [0, 0.1) is 17.2 Å². The number of carbonyl (C=O) groups is 1. The van der Waals surface area contributed by atoms with Crippen LogP contribution in [0.4, 0.5) is 0 Å². The van der Waals surface area contributed by atoms with Crippen LogP contribution in [0.5, 0.6) is 0 Å². The number of hydrogen-bond acceptors (Lipinski definition) is 6. The molecule has 2 heterocycles. The molecule has 0 bridgehead atoms. The zero-order valence-corrected chi connectivity index (χ0v) is 17.9. The standard InChI is InChI=1S/C21H22N4OS2/c1-13(2)21(4,11-22)25-18(26)14(3)27-19-16-10-17(15-8-6-5-7-9-15)28-20(16)24-12-23-19/h5-10,12-14H,1-4H3,(H,25,26). The van der Waals surface area contributed by atoms with Crippen molar-refractivity contribution in [1.82, 2.24) is 15.3 Å². The molecule has 3 rings (SSSR count). The number of carbonyl (C=O) groups excluding carboxylic acids is 1. The largest absolute Gasteiger partial charge is 0.337 e. The highest BCUT2D eigenvalue weighted by Crippen LogP contribution is 2.37. The minimum atomic E-state index is -0.893. The van der Waals surface area contributed by atoms with Gasteiger partial charge < -0.3 is 5.32 Å². The lowest BCUT2D eigenvalue weighted by molar-refractivity contribution is -0.121. The lowest BCUT2D eigenvalue weighted by Gasteiger charge is -2.28. The van der Waals surface area contributed by atoms with Gasteiger partial charge in [-0.2, -0.15) is 5.26 Å². The molecule has 0 spiro atoms. The highest BCUT2D eigenvalue weighted by molar-refractivity contribution is 8.00. The Morgan fingerprint density at radius 3 is 2.61 bits per heavy atom. The molecule has 2 unspecified atom stereocenters. The molecule has 0 saturated heterocycles. The Labute approximate surface area is 173 Å². The first-order valence-electron chi connectivity index (χ1n) is 9.04. The van der Waals surface area contributed by atoms with E-state index in [1.54, 1.807) is 18.3 Å². The van der Waals surface area contributed by atoms with Gasteiger partial charge >= 0.3 is 0 Å². The van der Waals surface area contributed by atoms with Crippen molar-refractivity contribution in [3.05, 3.63) is 42.7 Å².